The number of ether oxygens (including phenoxy) is 1. The van der Waals surface area contributed by atoms with Crippen molar-refractivity contribution >= 4 is 5.91 Å². The highest BCUT2D eigenvalue weighted by atomic mass is 16.5. The van der Waals surface area contributed by atoms with E-state index in [0.717, 1.165) is 5.56 Å². The normalized spacial score (nSPS) is 24.9. The standard InChI is InChI=1S/C15H17NO2/c1-16(2)14(17)13-11-15(13,18-3)10-9-12-7-5-4-6-8-12/h4-8,13H,11H2,1-3H3/t13-,15+/m0/s1. The zero-order valence-corrected chi connectivity index (χ0v) is 10.9. The maximum Gasteiger partial charge on any atom is 0.229 e. The Bertz CT molecular complexity index is 498. The Hall–Kier alpha value is -1.79. The molecular weight excluding hydrogens is 226 g/mol. The van der Waals surface area contributed by atoms with Gasteiger partial charge in [-0.3, -0.25) is 4.79 Å². The fourth-order valence-electron chi connectivity index (χ4n) is 1.96. The second kappa shape index (κ2) is 4.83. The summed E-state index contributed by atoms with van der Waals surface area (Å²) in [6.45, 7) is 0. The number of rotatable bonds is 2. The first-order valence-corrected chi connectivity index (χ1v) is 5.93. The van der Waals surface area contributed by atoms with Crippen LogP contribution in [-0.2, 0) is 9.53 Å². The van der Waals surface area contributed by atoms with Crippen molar-refractivity contribution in [2.75, 3.05) is 21.2 Å². The molecule has 0 unspecified atom stereocenters. The Labute approximate surface area is 108 Å². The van der Waals surface area contributed by atoms with Crippen LogP contribution in [0.25, 0.3) is 0 Å². The zero-order chi connectivity index (χ0) is 13.2. The number of carbonyl (C=O) groups excluding carboxylic acids is 1. The lowest BCUT2D eigenvalue weighted by atomic mass is 10.2. The molecule has 3 heteroatoms. The third-order valence-corrected chi connectivity index (χ3v) is 3.21. The SMILES string of the molecule is CO[C@]1(C#Cc2ccccc2)C[C@H]1C(=O)N(C)C. The van der Waals surface area contributed by atoms with Gasteiger partial charge >= 0.3 is 0 Å². The Morgan fingerprint density at radius 3 is 2.61 bits per heavy atom. The van der Waals surface area contributed by atoms with Crippen LogP contribution in [0, 0.1) is 17.8 Å². The number of benzene rings is 1. The summed E-state index contributed by atoms with van der Waals surface area (Å²) in [5.74, 6) is 6.13. The van der Waals surface area contributed by atoms with E-state index in [0.29, 0.717) is 6.42 Å². The molecule has 1 aliphatic carbocycles. The summed E-state index contributed by atoms with van der Waals surface area (Å²) in [4.78, 5) is 13.5. The topological polar surface area (TPSA) is 29.5 Å². The molecule has 3 nitrogen and oxygen atoms in total. The average molecular weight is 243 g/mol. The van der Waals surface area contributed by atoms with E-state index in [9.17, 15) is 4.79 Å². The van der Waals surface area contributed by atoms with Crippen molar-refractivity contribution in [3.8, 4) is 11.8 Å². The minimum absolute atomic E-state index is 0.0826. The van der Waals surface area contributed by atoms with Crippen LogP contribution in [-0.4, -0.2) is 37.6 Å². The van der Waals surface area contributed by atoms with Crippen molar-refractivity contribution in [2.24, 2.45) is 5.92 Å². The van der Waals surface area contributed by atoms with Gasteiger partial charge in [-0.1, -0.05) is 30.0 Å². The molecule has 0 saturated heterocycles. The van der Waals surface area contributed by atoms with Crippen molar-refractivity contribution in [1.82, 2.24) is 4.90 Å². The quantitative estimate of drug-likeness (QED) is 0.737. The number of hydrogen-bond acceptors (Lipinski definition) is 2. The molecular formula is C15H17NO2. The molecule has 0 heterocycles. The highest BCUT2D eigenvalue weighted by Gasteiger charge is 2.59. The van der Waals surface area contributed by atoms with Crippen LogP contribution >= 0.6 is 0 Å². The minimum Gasteiger partial charge on any atom is -0.365 e. The number of hydrogen-bond donors (Lipinski definition) is 0. The van der Waals surface area contributed by atoms with E-state index < -0.39 is 5.60 Å². The van der Waals surface area contributed by atoms with Crippen molar-refractivity contribution in [1.29, 1.82) is 0 Å². The number of nitrogens with zero attached hydrogens (tertiary/aromatic N) is 1. The van der Waals surface area contributed by atoms with Gasteiger partial charge in [-0.15, -0.1) is 0 Å². The highest BCUT2D eigenvalue weighted by Crippen LogP contribution is 2.46. The summed E-state index contributed by atoms with van der Waals surface area (Å²) in [6, 6.07) is 9.73. The lowest BCUT2D eigenvalue weighted by Crippen LogP contribution is -2.28. The summed E-state index contributed by atoms with van der Waals surface area (Å²) in [7, 11) is 5.13. The first kappa shape index (κ1) is 12.7. The molecule has 18 heavy (non-hydrogen) atoms. The molecule has 94 valence electrons. The number of amides is 1. The van der Waals surface area contributed by atoms with Crippen LogP contribution < -0.4 is 0 Å². The van der Waals surface area contributed by atoms with E-state index >= 15 is 0 Å². The Morgan fingerprint density at radius 1 is 1.39 bits per heavy atom. The fourth-order valence-corrected chi connectivity index (χ4v) is 1.96. The average Bonchev–Trinajstić information content (AvgIpc) is 3.12. The Balaban J connectivity index is 2.14. The summed E-state index contributed by atoms with van der Waals surface area (Å²) >= 11 is 0. The monoisotopic (exact) mass is 243 g/mol. The van der Waals surface area contributed by atoms with Gasteiger partial charge in [0.2, 0.25) is 5.91 Å². The molecule has 0 spiro atoms. The van der Waals surface area contributed by atoms with Crippen LogP contribution in [0.3, 0.4) is 0 Å². The van der Waals surface area contributed by atoms with E-state index in [-0.39, 0.29) is 11.8 Å². The molecule has 0 aliphatic heterocycles. The molecule has 1 saturated carbocycles. The first-order valence-electron chi connectivity index (χ1n) is 5.93. The van der Waals surface area contributed by atoms with Gasteiger partial charge < -0.3 is 9.64 Å². The maximum atomic E-state index is 11.9. The summed E-state index contributed by atoms with van der Waals surface area (Å²) in [6.07, 6.45) is 0.681. The zero-order valence-electron chi connectivity index (χ0n) is 10.9. The second-order valence-corrected chi connectivity index (χ2v) is 4.70. The van der Waals surface area contributed by atoms with E-state index in [1.165, 1.54) is 0 Å². The van der Waals surface area contributed by atoms with Gasteiger partial charge in [-0.25, -0.2) is 0 Å². The Morgan fingerprint density at radius 2 is 2.06 bits per heavy atom. The lowest BCUT2D eigenvalue weighted by molar-refractivity contribution is -0.131. The van der Waals surface area contributed by atoms with Crippen LogP contribution in [0.2, 0.25) is 0 Å². The predicted octanol–water partition coefficient (Wildman–Crippen LogP) is 1.53. The van der Waals surface area contributed by atoms with Gasteiger partial charge in [0.25, 0.3) is 0 Å². The molecule has 1 aliphatic rings. The molecule has 0 radical (unpaired) electrons. The molecule has 0 bridgehead atoms. The predicted molar refractivity (Wildman–Crippen MR) is 69.9 cm³/mol. The van der Waals surface area contributed by atoms with E-state index in [1.54, 1.807) is 26.1 Å². The molecule has 0 N–H and O–H groups in total. The van der Waals surface area contributed by atoms with Gasteiger partial charge in [0.15, 0.2) is 0 Å². The molecule has 0 aromatic heterocycles. The fraction of sp³-hybridized carbons (Fsp3) is 0.400. The van der Waals surface area contributed by atoms with Crippen LogP contribution in [0.15, 0.2) is 30.3 Å². The van der Waals surface area contributed by atoms with Gasteiger partial charge in [0.1, 0.15) is 5.60 Å². The molecule has 1 aromatic carbocycles. The van der Waals surface area contributed by atoms with Crippen molar-refractivity contribution in [3.63, 3.8) is 0 Å². The van der Waals surface area contributed by atoms with Gasteiger partial charge in [-0.2, -0.15) is 0 Å². The van der Waals surface area contributed by atoms with Crippen LogP contribution in [0.5, 0.6) is 0 Å². The van der Waals surface area contributed by atoms with E-state index in [1.807, 2.05) is 30.3 Å². The van der Waals surface area contributed by atoms with Crippen molar-refractivity contribution in [3.05, 3.63) is 35.9 Å². The Kier molecular flexibility index (Phi) is 3.40. The summed E-state index contributed by atoms with van der Waals surface area (Å²) in [5.41, 5.74) is 0.355. The second-order valence-electron chi connectivity index (χ2n) is 4.70. The van der Waals surface area contributed by atoms with E-state index in [4.69, 9.17) is 4.74 Å². The maximum absolute atomic E-state index is 11.9. The van der Waals surface area contributed by atoms with Gasteiger partial charge in [-0.05, 0) is 12.1 Å². The number of carbonyl (C=O) groups is 1. The van der Waals surface area contributed by atoms with Crippen LogP contribution in [0.4, 0.5) is 0 Å². The van der Waals surface area contributed by atoms with Gasteiger partial charge in [0, 0.05) is 33.2 Å². The molecule has 1 aromatic rings. The third kappa shape index (κ3) is 2.39. The molecule has 1 amide bonds. The molecule has 1 fully saturated rings. The molecule has 2 rings (SSSR count). The van der Waals surface area contributed by atoms with E-state index in [2.05, 4.69) is 11.8 Å². The third-order valence-electron chi connectivity index (χ3n) is 3.21. The first-order chi connectivity index (χ1) is 8.59. The lowest BCUT2D eigenvalue weighted by Gasteiger charge is -2.12. The van der Waals surface area contributed by atoms with Crippen molar-refractivity contribution in [2.45, 2.75) is 12.0 Å². The number of methoxy groups -OCH3 is 1. The smallest absolute Gasteiger partial charge is 0.229 e. The summed E-state index contributed by atoms with van der Waals surface area (Å²) in [5, 5.41) is 0. The summed E-state index contributed by atoms with van der Waals surface area (Å²) < 4.78 is 5.43. The van der Waals surface area contributed by atoms with Gasteiger partial charge in [0.05, 0.1) is 5.92 Å². The largest absolute Gasteiger partial charge is 0.365 e. The van der Waals surface area contributed by atoms with Crippen molar-refractivity contribution < 1.29 is 9.53 Å². The van der Waals surface area contributed by atoms with Crippen LogP contribution in [0.1, 0.15) is 12.0 Å². The highest BCUT2D eigenvalue weighted by molar-refractivity contribution is 5.84. The molecule has 2 atom stereocenters. The minimum atomic E-state index is -0.586.